The van der Waals surface area contributed by atoms with Crippen molar-refractivity contribution in [3.63, 3.8) is 0 Å². The monoisotopic (exact) mass is 317 g/mol. The van der Waals surface area contributed by atoms with E-state index in [-0.39, 0.29) is 18.4 Å². The summed E-state index contributed by atoms with van der Waals surface area (Å²) >= 11 is 0. The highest BCUT2D eigenvalue weighted by atomic mass is 16.5. The quantitative estimate of drug-likeness (QED) is 0.925. The Kier molecular flexibility index (Phi) is 4.90. The van der Waals surface area contributed by atoms with Gasteiger partial charge in [0, 0.05) is 12.1 Å². The molecule has 1 aliphatic heterocycles. The molecule has 1 amide bonds. The maximum Gasteiger partial charge on any atom is 0.225 e. The van der Waals surface area contributed by atoms with E-state index >= 15 is 0 Å². The Hall–Kier alpha value is -1.55. The molecular formula is C19H27NO3. The van der Waals surface area contributed by atoms with Gasteiger partial charge in [0.25, 0.3) is 0 Å². The fraction of sp³-hybridized carbons (Fsp3) is 0.632. The van der Waals surface area contributed by atoms with E-state index in [9.17, 15) is 9.90 Å². The number of carbonyl (C=O) groups excluding carboxylic acids is 1. The highest BCUT2D eigenvalue weighted by molar-refractivity contribution is 5.78. The fourth-order valence-electron chi connectivity index (χ4n) is 4.10. The third-order valence-corrected chi connectivity index (χ3v) is 5.34. The van der Waals surface area contributed by atoms with E-state index in [2.05, 4.69) is 0 Å². The van der Waals surface area contributed by atoms with E-state index in [1.54, 1.807) is 7.11 Å². The van der Waals surface area contributed by atoms with Gasteiger partial charge in [0.05, 0.1) is 25.2 Å². The number of amides is 1. The highest BCUT2D eigenvalue weighted by Gasteiger charge is 2.37. The van der Waals surface area contributed by atoms with Crippen LogP contribution in [0.2, 0.25) is 0 Å². The lowest BCUT2D eigenvalue weighted by molar-refractivity contribution is -0.138. The van der Waals surface area contributed by atoms with E-state index in [0.29, 0.717) is 0 Å². The number of methoxy groups -OCH3 is 1. The number of likely N-dealkylation sites (tertiary alicyclic amines) is 1. The van der Waals surface area contributed by atoms with Gasteiger partial charge in [-0.1, -0.05) is 37.5 Å². The van der Waals surface area contributed by atoms with Crippen molar-refractivity contribution in [3.8, 4) is 5.75 Å². The third-order valence-electron chi connectivity index (χ3n) is 5.34. The maximum absolute atomic E-state index is 12.8. The van der Waals surface area contributed by atoms with Crippen molar-refractivity contribution in [2.24, 2.45) is 0 Å². The molecule has 1 aromatic carbocycles. The summed E-state index contributed by atoms with van der Waals surface area (Å²) in [7, 11) is 1.67. The predicted octanol–water partition coefficient (Wildman–Crippen LogP) is 3.44. The normalized spacial score (nSPS) is 23.7. The molecule has 1 unspecified atom stereocenters. The fourth-order valence-corrected chi connectivity index (χ4v) is 4.10. The highest BCUT2D eigenvalue weighted by Crippen LogP contribution is 2.39. The molecule has 1 aliphatic carbocycles. The van der Waals surface area contributed by atoms with Crippen LogP contribution in [-0.4, -0.2) is 35.2 Å². The van der Waals surface area contributed by atoms with Gasteiger partial charge in [-0.25, -0.2) is 0 Å². The molecule has 23 heavy (non-hydrogen) atoms. The first-order valence-corrected chi connectivity index (χ1v) is 8.78. The molecular weight excluding hydrogens is 290 g/mol. The zero-order valence-electron chi connectivity index (χ0n) is 14.0. The summed E-state index contributed by atoms with van der Waals surface area (Å²) in [6, 6.07) is 8.02. The summed E-state index contributed by atoms with van der Waals surface area (Å²) in [4.78, 5) is 14.8. The molecule has 1 saturated carbocycles. The molecule has 0 aromatic heterocycles. The molecule has 2 fully saturated rings. The summed E-state index contributed by atoms with van der Waals surface area (Å²) in [6.45, 7) is 0.775. The number of hydrogen-bond donors (Lipinski definition) is 1. The smallest absolute Gasteiger partial charge is 0.225 e. The van der Waals surface area contributed by atoms with Gasteiger partial charge in [0.2, 0.25) is 5.91 Å². The number of aliphatic hydroxyl groups is 1. The van der Waals surface area contributed by atoms with E-state index in [0.717, 1.165) is 56.4 Å². The van der Waals surface area contributed by atoms with Crippen LogP contribution in [0.5, 0.6) is 5.75 Å². The van der Waals surface area contributed by atoms with Gasteiger partial charge >= 0.3 is 0 Å². The Morgan fingerprint density at radius 1 is 1.26 bits per heavy atom. The Morgan fingerprint density at radius 3 is 2.74 bits per heavy atom. The number of ether oxygens (including phenoxy) is 1. The summed E-state index contributed by atoms with van der Waals surface area (Å²) in [5.41, 5.74) is 0.292. The van der Waals surface area contributed by atoms with Crippen molar-refractivity contribution >= 4 is 5.91 Å². The molecule has 0 radical (unpaired) electrons. The van der Waals surface area contributed by atoms with Gasteiger partial charge in [-0.3, -0.25) is 4.79 Å². The average molecular weight is 317 g/mol. The lowest BCUT2D eigenvalue weighted by atomic mass is 9.82. The van der Waals surface area contributed by atoms with E-state index < -0.39 is 5.60 Å². The number of rotatable bonds is 4. The van der Waals surface area contributed by atoms with E-state index in [1.165, 1.54) is 6.42 Å². The van der Waals surface area contributed by atoms with Gasteiger partial charge in [-0.2, -0.15) is 0 Å². The second-order valence-corrected chi connectivity index (χ2v) is 6.95. The van der Waals surface area contributed by atoms with Crippen molar-refractivity contribution in [1.29, 1.82) is 0 Å². The van der Waals surface area contributed by atoms with Gasteiger partial charge < -0.3 is 14.7 Å². The second kappa shape index (κ2) is 6.91. The average Bonchev–Trinajstić information content (AvgIpc) is 3.04. The molecule has 1 aromatic rings. The minimum Gasteiger partial charge on any atom is -0.496 e. The molecule has 4 nitrogen and oxygen atoms in total. The Morgan fingerprint density at radius 2 is 2.00 bits per heavy atom. The minimum atomic E-state index is -0.788. The van der Waals surface area contributed by atoms with E-state index in [4.69, 9.17) is 4.74 Å². The van der Waals surface area contributed by atoms with Crippen LogP contribution in [0.4, 0.5) is 0 Å². The SMILES string of the molecule is COc1ccccc1C1CCCN1C(=O)CC1(O)CCCCC1. The van der Waals surface area contributed by atoms with Crippen LogP contribution in [-0.2, 0) is 4.79 Å². The molecule has 0 spiro atoms. The zero-order chi connectivity index (χ0) is 16.3. The summed E-state index contributed by atoms with van der Waals surface area (Å²) in [6.07, 6.45) is 6.97. The first-order valence-electron chi connectivity index (χ1n) is 8.78. The first kappa shape index (κ1) is 16.3. The molecule has 1 atom stereocenters. The molecule has 4 heteroatoms. The Labute approximate surface area is 138 Å². The lowest BCUT2D eigenvalue weighted by Crippen LogP contribution is -2.40. The van der Waals surface area contributed by atoms with Crippen LogP contribution in [0.15, 0.2) is 24.3 Å². The molecule has 3 rings (SSSR count). The number of benzene rings is 1. The van der Waals surface area contributed by atoms with Crippen molar-refractivity contribution in [2.75, 3.05) is 13.7 Å². The van der Waals surface area contributed by atoms with Crippen LogP contribution in [0.3, 0.4) is 0 Å². The molecule has 1 heterocycles. The number of nitrogens with zero attached hydrogens (tertiary/aromatic N) is 1. The summed E-state index contributed by atoms with van der Waals surface area (Å²) < 4.78 is 5.47. The summed E-state index contributed by atoms with van der Waals surface area (Å²) in [5.74, 6) is 0.927. The van der Waals surface area contributed by atoms with Gasteiger partial charge in [0.1, 0.15) is 5.75 Å². The molecule has 1 N–H and O–H groups in total. The Bertz CT molecular complexity index is 551. The van der Waals surface area contributed by atoms with Crippen LogP contribution in [0.1, 0.15) is 63.0 Å². The maximum atomic E-state index is 12.8. The van der Waals surface area contributed by atoms with Crippen molar-refractivity contribution < 1.29 is 14.6 Å². The zero-order valence-corrected chi connectivity index (χ0v) is 14.0. The van der Waals surface area contributed by atoms with Crippen LogP contribution >= 0.6 is 0 Å². The lowest BCUT2D eigenvalue weighted by Gasteiger charge is -2.34. The second-order valence-electron chi connectivity index (χ2n) is 6.95. The number of hydrogen-bond acceptors (Lipinski definition) is 3. The molecule has 126 valence electrons. The molecule has 1 saturated heterocycles. The first-order chi connectivity index (χ1) is 11.1. The van der Waals surface area contributed by atoms with Crippen LogP contribution in [0, 0.1) is 0 Å². The number of para-hydroxylation sites is 1. The van der Waals surface area contributed by atoms with Crippen molar-refractivity contribution in [1.82, 2.24) is 4.90 Å². The predicted molar refractivity (Wildman–Crippen MR) is 89.3 cm³/mol. The number of carbonyl (C=O) groups is 1. The van der Waals surface area contributed by atoms with Crippen LogP contribution < -0.4 is 4.74 Å². The molecule has 0 bridgehead atoms. The van der Waals surface area contributed by atoms with Crippen molar-refractivity contribution in [2.45, 2.75) is 63.0 Å². The topological polar surface area (TPSA) is 49.8 Å². The van der Waals surface area contributed by atoms with Gasteiger partial charge in [0.15, 0.2) is 0 Å². The van der Waals surface area contributed by atoms with E-state index in [1.807, 2.05) is 29.2 Å². The Balaban J connectivity index is 1.74. The molecule has 2 aliphatic rings. The third kappa shape index (κ3) is 3.52. The summed E-state index contributed by atoms with van der Waals surface area (Å²) in [5, 5.41) is 10.7. The van der Waals surface area contributed by atoms with Crippen molar-refractivity contribution in [3.05, 3.63) is 29.8 Å². The van der Waals surface area contributed by atoms with Crippen LogP contribution in [0.25, 0.3) is 0 Å². The largest absolute Gasteiger partial charge is 0.496 e. The van der Waals surface area contributed by atoms with Gasteiger partial charge in [-0.15, -0.1) is 0 Å². The van der Waals surface area contributed by atoms with Gasteiger partial charge in [-0.05, 0) is 31.7 Å². The minimum absolute atomic E-state index is 0.0749. The standard InChI is InChI=1S/C19H27NO3/c1-23-17-10-4-3-8-15(17)16-9-7-13-20(16)18(21)14-19(22)11-5-2-6-12-19/h3-4,8,10,16,22H,2,5-7,9,11-14H2,1H3.